The summed E-state index contributed by atoms with van der Waals surface area (Å²) in [7, 11) is 0. The molecule has 4 unspecified atom stereocenters. The smallest absolute Gasteiger partial charge is 0.197 e. The van der Waals surface area contributed by atoms with Crippen LogP contribution in [0.15, 0.2) is 97.1 Å². The highest BCUT2D eigenvalue weighted by atomic mass is 16.6. The SMILES string of the molecule is CC(O)Oc1cccc(C(C)(C)c2cccc(OC(C)O)c2)c1.CCC(O)Oc1ccc(C(C)(C)c2ccc(OC(O)CC)cc2)cc1. The maximum Gasteiger partial charge on any atom is 0.197 e. The molecule has 4 rings (SSSR count). The number of benzene rings is 4. The summed E-state index contributed by atoms with van der Waals surface area (Å²) in [5.41, 5.74) is 3.94. The molecular formula is C40H52O8. The fourth-order valence-corrected chi connectivity index (χ4v) is 5.02. The van der Waals surface area contributed by atoms with Crippen molar-refractivity contribution in [3.63, 3.8) is 0 Å². The fraction of sp³-hybridized carbons (Fsp3) is 0.400. The van der Waals surface area contributed by atoms with E-state index in [2.05, 4.69) is 27.7 Å². The van der Waals surface area contributed by atoms with Gasteiger partial charge in [0.05, 0.1) is 0 Å². The fourth-order valence-electron chi connectivity index (χ4n) is 5.02. The highest BCUT2D eigenvalue weighted by molar-refractivity contribution is 5.44. The van der Waals surface area contributed by atoms with Crippen LogP contribution in [0.1, 0.15) is 90.5 Å². The zero-order valence-corrected chi connectivity index (χ0v) is 29.4. The van der Waals surface area contributed by atoms with Crippen molar-refractivity contribution in [2.24, 2.45) is 0 Å². The number of aliphatic hydroxyl groups is 4. The van der Waals surface area contributed by atoms with E-state index < -0.39 is 25.2 Å². The zero-order chi connectivity index (χ0) is 35.5. The van der Waals surface area contributed by atoms with E-state index in [1.54, 1.807) is 13.8 Å². The first kappa shape index (κ1) is 38.4. The van der Waals surface area contributed by atoms with Crippen molar-refractivity contribution >= 4 is 0 Å². The quantitative estimate of drug-likeness (QED) is 0.102. The van der Waals surface area contributed by atoms with Gasteiger partial charge in [0.1, 0.15) is 23.0 Å². The number of rotatable bonds is 14. The van der Waals surface area contributed by atoms with E-state index in [4.69, 9.17) is 18.9 Å². The molecule has 0 aliphatic heterocycles. The lowest BCUT2D eigenvalue weighted by Gasteiger charge is -2.27. The molecule has 4 atom stereocenters. The maximum atomic E-state index is 9.57. The van der Waals surface area contributed by atoms with E-state index in [-0.39, 0.29) is 10.8 Å². The molecule has 48 heavy (non-hydrogen) atoms. The third-order valence-corrected chi connectivity index (χ3v) is 8.12. The van der Waals surface area contributed by atoms with Crippen molar-refractivity contribution < 1.29 is 39.4 Å². The minimum atomic E-state index is -0.851. The molecule has 4 N–H and O–H groups in total. The van der Waals surface area contributed by atoms with Crippen LogP contribution in [0.5, 0.6) is 23.0 Å². The molecule has 0 aliphatic rings. The van der Waals surface area contributed by atoms with Crippen molar-refractivity contribution in [1.82, 2.24) is 0 Å². The highest BCUT2D eigenvalue weighted by Crippen LogP contribution is 2.36. The monoisotopic (exact) mass is 660 g/mol. The van der Waals surface area contributed by atoms with E-state index in [1.807, 2.05) is 111 Å². The van der Waals surface area contributed by atoms with Crippen molar-refractivity contribution in [3.8, 4) is 23.0 Å². The molecule has 4 aromatic rings. The lowest BCUT2D eigenvalue weighted by Crippen LogP contribution is -2.20. The largest absolute Gasteiger partial charge is 0.465 e. The molecule has 0 aromatic heterocycles. The van der Waals surface area contributed by atoms with Crippen LogP contribution in [0.4, 0.5) is 0 Å². The summed E-state index contributed by atoms with van der Waals surface area (Å²) in [5, 5.41) is 37.9. The molecule has 8 nitrogen and oxygen atoms in total. The van der Waals surface area contributed by atoms with Crippen LogP contribution in [0, 0.1) is 0 Å². The third kappa shape index (κ3) is 11.0. The van der Waals surface area contributed by atoms with Crippen LogP contribution in [-0.2, 0) is 10.8 Å². The summed E-state index contributed by atoms with van der Waals surface area (Å²) >= 11 is 0. The van der Waals surface area contributed by atoms with E-state index >= 15 is 0 Å². The Morgan fingerprint density at radius 2 is 0.792 bits per heavy atom. The summed E-state index contributed by atoms with van der Waals surface area (Å²) in [6.45, 7) is 15.4. The number of hydrogen-bond donors (Lipinski definition) is 4. The summed E-state index contributed by atoms with van der Waals surface area (Å²) in [4.78, 5) is 0. The van der Waals surface area contributed by atoms with E-state index in [0.717, 1.165) is 22.3 Å². The average molecular weight is 661 g/mol. The van der Waals surface area contributed by atoms with Crippen molar-refractivity contribution in [3.05, 3.63) is 119 Å². The Balaban J connectivity index is 0.000000261. The Morgan fingerprint density at radius 1 is 0.458 bits per heavy atom. The Bertz CT molecular complexity index is 1410. The first-order valence-corrected chi connectivity index (χ1v) is 16.5. The lowest BCUT2D eigenvalue weighted by molar-refractivity contribution is -0.0196. The predicted octanol–water partition coefficient (Wildman–Crippen LogP) is 7.67. The first-order chi connectivity index (χ1) is 22.6. The molecule has 0 spiro atoms. The van der Waals surface area contributed by atoms with Crippen LogP contribution in [0.2, 0.25) is 0 Å². The second-order valence-corrected chi connectivity index (χ2v) is 12.8. The minimum absolute atomic E-state index is 0.191. The molecule has 0 saturated carbocycles. The molecule has 260 valence electrons. The maximum absolute atomic E-state index is 9.57. The molecular weight excluding hydrogens is 608 g/mol. The topological polar surface area (TPSA) is 118 Å². The normalized spacial score (nSPS) is 14.1. The molecule has 0 bridgehead atoms. The van der Waals surface area contributed by atoms with Gasteiger partial charge in [0.2, 0.25) is 0 Å². The summed E-state index contributed by atoms with van der Waals surface area (Å²) in [6.07, 6.45) is -2.15. The van der Waals surface area contributed by atoms with E-state index in [0.29, 0.717) is 35.8 Å². The number of hydrogen-bond acceptors (Lipinski definition) is 8. The summed E-state index contributed by atoms with van der Waals surface area (Å²) in [6, 6.07) is 30.9. The van der Waals surface area contributed by atoms with Gasteiger partial charge in [-0.1, -0.05) is 90.1 Å². The van der Waals surface area contributed by atoms with Gasteiger partial charge in [-0.05, 0) is 84.6 Å². The van der Waals surface area contributed by atoms with Gasteiger partial charge in [-0.3, -0.25) is 0 Å². The van der Waals surface area contributed by atoms with Crippen molar-refractivity contribution in [2.45, 2.75) is 104 Å². The first-order valence-electron chi connectivity index (χ1n) is 16.5. The van der Waals surface area contributed by atoms with Crippen molar-refractivity contribution in [1.29, 1.82) is 0 Å². The van der Waals surface area contributed by atoms with Gasteiger partial charge in [-0.2, -0.15) is 0 Å². The Kier molecular flexibility index (Phi) is 13.9. The van der Waals surface area contributed by atoms with Gasteiger partial charge in [-0.25, -0.2) is 0 Å². The predicted molar refractivity (Wildman–Crippen MR) is 188 cm³/mol. The molecule has 8 heteroatoms. The Morgan fingerprint density at radius 3 is 1.10 bits per heavy atom. The third-order valence-electron chi connectivity index (χ3n) is 8.12. The second-order valence-electron chi connectivity index (χ2n) is 12.8. The summed E-state index contributed by atoms with van der Waals surface area (Å²) < 4.78 is 21.6. The van der Waals surface area contributed by atoms with Gasteiger partial charge >= 0.3 is 0 Å². The van der Waals surface area contributed by atoms with Gasteiger partial charge in [0, 0.05) is 23.7 Å². The zero-order valence-electron chi connectivity index (χ0n) is 29.4. The van der Waals surface area contributed by atoms with Gasteiger partial charge < -0.3 is 39.4 Å². The Hall–Kier alpha value is -4.08. The van der Waals surface area contributed by atoms with Gasteiger partial charge in [-0.15, -0.1) is 0 Å². The summed E-state index contributed by atoms with van der Waals surface area (Å²) in [5.74, 6) is 2.57. The number of aliphatic hydroxyl groups excluding tert-OH is 4. The standard InChI is InChI=1S/C21H28O4.C19H24O4/c1-5-19(22)24-17-11-7-15(8-12-17)21(3,4)16-9-13-18(14-10-16)25-20(23)6-2;1-13(20)22-17-9-5-7-15(11-17)19(3,4)16-8-6-10-18(12-16)23-14(2)21/h7-14,19-20,22-23H,5-6H2,1-4H3;5-14,20-21H,1-4H3. The average Bonchev–Trinajstić information content (AvgIpc) is 3.05. The van der Waals surface area contributed by atoms with E-state index in [9.17, 15) is 20.4 Å². The van der Waals surface area contributed by atoms with Crippen molar-refractivity contribution in [2.75, 3.05) is 0 Å². The molecule has 0 heterocycles. The molecule has 0 amide bonds. The lowest BCUT2D eigenvalue weighted by atomic mass is 9.78. The molecule has 0 aliphatic carbocycles. The minimum Gasteiger partial charge on any atom is -0.465 e. The van der Waals surface area contributed by atoms with Crippen LogP contribution in [0.25, 0.3) is 0 Å². The Labute approximate surface area is 285 Å². The molecule has 0 fully saturated rings. The highest BCUT2D eigenvalue weighted by Gasteiger charge is 2.25. The van der Waals surface area contributed by atoms with Gasteiger partial charge in [0.15, 0.2) is 25.2 Å². The van der Waals surface area contributed by atoms with Crippen LogP contribution >= 0.6 is 0 Å². The van der Waals surface area contributed by atoms with Crippen LogP contribution < -0.4 is 18.9 Å². The van der Waals surface area contributed by atoms with Gasteiger partial charge in [0.25, 0.3) is 0 Å². The molecule has 4 aromatic carbocycles. The van der Waals surface area contributed by atoms with E-state index in [1.165, 1.54) is 0 Å². The molecule has 0 saturated heterocycles. The number of ether oxygens (including phenoxy) is 4. The van der Waals surface area contributed by atoms with Crippen LogP contribution in [0.3, 0.4) is 0 Å². The molecule has 0 radical (unpaired) electrons. The van der Waals surface area contributed by atoms with Crippen LogP contribution in [-0.4, -0.2) is 45.6 Å². The second kappa shape index (κ2) is 17.4.